The molecule has 3 heterocycles. The topological polar surface area (TPSA) is 136 Å². The maximum atomic E-state index is 13.2. The molecule has 2 aromatic heterocycles. The highest BCUT2D eigenvalue weighted by molar-refractivity contribution is 6.04. The number of piperidine rings is 1. The van der Waals surface area contributed by atoms with Crippen molar-refractivity contribution in [2.24, 2.45) is 5.41 Å². The summed E-state index contributed by atoms with van der Waals surface area (Å²) in [5.41, 5.74) is 4.84. The van der Waals surface area contributed by atoms with Crippen molar-refractivity contribution in [2.75, 3.05) is 23.7 Å². The van der Waals surface area contributed by atoms with E-state index < -0.39 is 23.8 Å². The summed E-state index contributed by atoms with van der Waals surface area (Å²) in [4.78, 5) is 52.9. The lowest BCUT2D eigenvalue weighted by Gasteiger charge is -2.33. The summed E-state index contributed by atoms with van der Waals surface area (Å²) in [6.45, 7) is 9.76. The number of hydrogen-bond donors (Lipinski definition) is 2. The third kappa shape index (κ3) is 8.69. The Balaban J connectivity index is 1.18. The lowest BCUT2D eigenvalue weighted by atomic mass is 9.90. The number of aryl methyl sites for hydroxylation is 1. The van der Waals surface area contributed by atoms with Crippen LogP contribution in [0.3, 0.4) is 0 Å². The molecule has 11 nitrogen and oxygen atoms in total. The first-order valence-corrected chi connectivity index (χ1v) is 15.7. The van der Waals surface area contributed by atoms with Crippen LogP contribution >= 0.6 is 0 Å². The zero-order valence-corrected chi connectivity index (χ0v) is 27.3. The quantitative estimate of drug-likeness (QED) is 0.153. The van der Waals surface area contributed by atoms with E-state index in [2.05, 4.69) is 25.6 Å². The Bertz CT molecular complexity index is 1720. The van der Waals surface area contributed by atoms with Crippen molar-refractivity contribution in [1.82, 2.24) is 19.9 Å². The minimum Gasteiger partial charge on any atom is -0.425 e. The van der Waals surface area contributed by atoms with E-state index in [1.165, 1.54) is 6.92 Å². The molecule has 2 atom stereocenters. The van der Waals surface area contributed by atoms with Gasteiger partial charge >= 0.3 is 12.1 Å². The first-order valence-electron chi connectivity index (χ1n) is 15.7. The molecule has 1 fully saturated rings. The van der Waals surface area contributed by atoms with Gasteiger partial charge in [0.15, 0.2) is 0 Å². The lowest BCUT2D eigenvalue weighted by Crippen LogP contribution is -2.41. The fourth-order valence-corrected chi connectivity index (χ4v) is 5.14. The van der Waals surface area contributed by atoms with E-state index in [9.17, 15) is 14.4 Å². The van der Waals surface area contributed by atoms with Crippen LogP contribution in [0.2, 0.25) is 0 Å². The molecule has 47 heavy (non-hydrogen) atoms. The number of carbonyl (C=O) groups is 3. The van der Waals surface area contributed by atoms with Gasteiger partial charge in [-0.1, -0.05) is 18.2 Å². The number of aromatic nitrogens is 3. The largest absolute Gasteiger partial charge is 0.425 e. The highest BCUT2D eigenvalue weighted by Crippen LogP contribution is 2.29. The predicted molar refractivity (Wildman–Crippen MR) is 179 cm³/mol. The molecule has 4 aromatic rings. The Kier molecular flexibility index (Phi) is 10.1. The molecule has 2 amide bonds. The Morgan fingerprint density at radius 3 is 2.51 bits per heavy atom. The van der Waals surface area contributed by atoms with E-state index in [4.69, 9.17) is 9.47 Å². The van der Waals surface area contributed by atoms with E-state index in [-0.39, 0.29) is 11.8 Å². The normalized spacial score (nSPS) is 15.3. The van der Waals surface area contributed by atoms with Gasteiger partial charge < -0.3 is 25.0 Å². The first kappa shape index (κ1) is 33.1. The molecule has 1 aliphatic rings. The van der Waals surface area contributed by atoms with Crippen LogP contribution in [0.1, 0.15) is 67.9 Å². The molecule has 2 aromatic carbocycles. The van der Waals surface area contributed by atoms with Crippen LogP contribution in [-0.2, 0) is 14.3 Å². The summed E-state index contributed by atoms with van der Waals surface area (Å²) in [6, 6.07) is 18.7. The second-order valence-electron chi connectivity index (χ2n) is 12.6. The van der Waals surface area contributed by atoms with Gasteiger partial charge in [-0.2, -0.15) is 0 Å². The number of hydrogen-bond acceptors (Lipinski definition) is 9. The molecule has 2 N–H and O–H groups in total. The minimum absolute atomic E-state index is 0.0884. The second kappa shape index (κ2) is 14.4. The van der Waals surface area contributed by atoms with E-state index >= 15 is 0 Å². The number of benzene rings is 2. The first-order chi connectivity index (χ1) is 22.5. The smallest absolute Gasteiger partial charge is 0.412 e. The fourth-order valence-electron chi connectivity index (χ4n) is 5.14. The summed E-state index contributed by atoms with van der Waals surface area (Å²) in [6.07, 6.45) is 5.36. The predicted octanol–water partition coefficient (Wildman–Crippen LogP) is 7.09. The molecule has 0 radical (unpaired) electrons. The number of amides is 2. The van der Waals surface area contributed by atoms with Crippen LogP contribution in [-0.4, -0.2) is 57.2 Å². The average Bonchev–Trinajstić information content (AvgIpc) is 3.06. The van der Waals surface area contributed by atoms with Crippen LogP contribution < -0.4 is 10.6 Å². The number of rotatable bonds is 8. The Morgan fingerprint density at radius 1 is 1.00 bits per heavy atom. The van der Waals surface area contributed by atoms with Gasteiger partial charge in [0.1, 0.15) is 0 Å². The van der Waals surface area contributed by atoms with Gasteiger partial charge in [-0.15, -0.1) is 0 Å². The van der Waals surface area contributed by atoms with Crippen molar-refractivity contribution >= 4 is 35.3 Å². The lowest BCUT2D eigenvalue weighted by molar-refractivity contribution is -0.175. The molecular weight excluding hydrogens is 596 g/mol. The van der Waals surface area contributed by atoms with Gasteiger partial charge in [0.2, 0.25) is 12.2 Å². The van der Waals surface area contributed by atoms with E-state index in [1.807, 2.05) is 55.5 Å². The maximum Gasteiger partial charge on any atom is 0.412 e. The molecule has 5 rings (SSSR count). The summed E-state index contributed by atoms with van der Waals surface area (Å²) in [5.74, 6) is -0.156. The average molecular weight is 637 g/mol. The number of ether oxygens (including phenoxy) is 2. The van der Waals surface area contributed by atoms with Crippen molar-refractivity contribution in [3.05, 3.63) is 95.9 Å². The van der Waals surface area contributed by atoms with Crippen molar-refractivity contribution in [2.45, 2.75) is 59.7 Å². The van der Waals surface area contributed by atoms with Crippen molar-refractivity contribution < 1.29 is 23.9 Å². The number of likely N-dealkylation sites (tertiary alicyclic amines) is 1. The summed E-state index contributed by atoms with van der Waals surface area (Å²) in [5, 5.41) is 6.24. The van der Waals surface area contributed by atoms with E-state index in [0.717, 1.165) is 40.9 Å². The molecule has 2 unspecified atom stereocenters. The Hall–Kier alpha value is -5.32. The maximum absolute atomic E-state index is 13.2. The molecule has 0 saturated carbocycles. The van der Waals surface area contributed by atoms with Gasteiger partial charge in [-0.25, -0.2) is 14.8 Å². The third-order valence-electron chi connectivity index (χ3n) is 7.83. The van der Waals surface area contributed by atoms with Gasteiger partial charge in [0.05, 0.1) is 11.1 Å². The molecule has 244 valence electrons. The molecular formula is C36H40N6O5. The van der Waals surface area contributed by atoms with Crippen LogP contribution in [0, 0.1) is 12.3 Å². The van der Waals surface area contributed by atoms with Gasteiger partial charge in [-0.05, 0) is 94.1 Å². The minimum atomic E-state index is -0.982. The summed E-state index contributed by atoms with van der Waals surface area (Å²) < 4.78 is 10.7. The van der Waals surface area contributed by atoms with Crippen LogP contribution in [0.25, 0.3) is 11.3 Å². The summed E-state index contributed by atoms with van der Waals surface area (Å²) in [7, 11) is 0. The molecule has 1 saturated heterocycles. The monoisotopic (exact) mass is 636 g/mol. The van der Waals surface area contributed by atoms with Gasteiger partial charge in [-0.3, -0.25) is 14.6 Å². The Morgan fingerprint density at radius 2 is 1.79 bits per heavy atom. The molecule has 11 heteroatoms. The van der Waals surface area contributed by atoms with E-state index in [0.29, 0.717) is 30.3 Å². The van der Waals surface area contributed by atoms with Gasteiger partial charge in [0.25, 0.3) is 5.91 Å². The number of nitrogens with zero attached hydrogens (tertiary/aromatic N) is 4. The fraction of sp³-hybridized carbons (Fsp3) is 0.333. The number of pyridine rings is 1. The number of nitrogens with one attached hydrogen (secondary N) is 2. The molecule has 0 aliphatic carbocycles. The molecule has 0 bridgehead atoms. The van der Waals surface area contributed by atoms with Crippen molar-refractivity contribution in [1.29, 1.82) is 0 Å². The number of anilines is 3. The van der Waals surface area contributed by atoms with Crippen LogP contribution in [0.15, 0.2) is 79.3 Å². The van der Waals surface area contributed by atoms with Crippen LogP contribution in [0.4, 0.5) is 22.1 Å². The number of carbonyl (C=O) groups excluding carboxylic acids is 3. The number of esters is 1. The SMILES string of the molecule is Cc1ccc(NC(=O)c2ccc(C3CCCN(C(=O)OC(C)OC(=O)C(C)(C)C)C3)cc2)cc1Nc1nccc(-c2cccnc2)n1. The standard InChI is InChI=1S/C36H40N6O5/c1-23-10-15-29(20-31(23)41-34-38-18-16-30(40-34)27-8-6-17-37-21-27)39-32(43)26-13-11-25(12-14-26)28-9-7-19-42(22-28)35(45)47-24(2)46-33(44)36(3,4)5/h6,8,10-18,20-21,24,28H,7,9,19,22H2,1-5H3,(H,39,43)(H,38,40,41). The zero-order chi connectivity index (χ0) is 33.6. The van der Waals surface area contributed by atoms with Crippen molar-refractivity contribution in [3.63, 3.8) is 0 Å². The third-order valence-corrected chi connectivity index (χ3v) is 7.83. The highest BCUT2D eigenvalue weighted by atomic mass is 16.7. The molecule has 0 spiro atoms. The van der Waals surface area contributed by atoms with Crippen molar-refractivity contribution in [3.8, 4) is 11.3 Å². The molecule has 1 aliphatic heterocycles. The highest BCUT2D eigenvalue weighted by Gasteiger charge is 2.30. The van der Waals surface area contributed by atoms with Crippen LogP contribution in [0.5, 0.6) is 0 Å². The van der Waals surface area contributed by atoms with E-state index in [1.54, 1.807) is 56.4 Å². The Labute approximate surface area is 274 Å². The van der Waals surface area contributed by atoms with Gasteiger partial charge in [0, 0.05) is 67.0 Å². The second-order valence-corrected chi connectivity index (χ2v) is 12.6. The summed E-state index contributed by atoms with van der Waals surface area (Å²) >= 11 is 0. The zero-order valence-electron chi connectivity index (χ0n) is 27.3.